The van der Waals surface area contributed by atoms with Crippen molar-refractivity contribution in [1.82, 2.24) is 29.9 Å². The Morgan fingerprint density at radius 2 is 2.21 bits per heavy atom. The van der Waals surface area contributed by atoms with Crippen molar-refractivity contribution in [3.8, 4) is 11.4 Å². The summed E-state index contributed by atoms with van der Waals surface area (Å²) in [7, 11) is 0. The van der Waals surface area contributed by atoms with Gasteiger partial charge in [-0.15, -0.1) is 27.0 Å². The maximum Gasteiger partial charge on any atom is 0.239 e. The highest BCUT2D eigenvalue weighted by Gasteiger charge is 2.23. The summed E-state index contributed by atoms with van der Waals surface area (Å²) in [6, 6.07) is 3.78. The second-order valence-electron chi connectivity index (χ2n) is 5.81. The van der Waals surface area contributed by atoms with Gasteiger partial charge in [0.05, 0.1) is 5.25 Å². The van der Waals surface area contributed by atoms with Crippen molar-refractivity contribution in [2.45, 2.75) is 43.6 Å². The first-order chi connectivity index (χ1) is 13.7. The molecule has 0 saturated carbocycles. The number of nitrogens with one attached hydrogen (secondary N) is 1. The molecule has 1 unspecified atom stereocenters. The second kappa shape index (κ2) is 9.56. The summed E-state index contributed by atoms with van der Waals surface area (Å²) in [5.41, 5.74) is 0.863. The molecule has 0 bridgehead atoms. The molecule has 0 aliphatic rings. The zero-order chi connectivity index (χ0) is 19.9. The van der Waals surface area contributed by atoms with Gasteiger partial charge in [-0.1, -0.05) is 43.0 Å². The average molecular weight is 416 g/mol. The number of rotatable bonds is 9. The SMILES string of the molecule is C=CCn1c(SC(CC)C(=O)Nc2nnc(CC)s2)nnc1-c1cccnc1. The molecule has 0 radical (unpaired) electrons. The number of pyridine rings is 1. The van der Waals surface area contributed by atoms with Crippen molar-refractivity contribution >= 4 is 34.1 Å². The fourth-order valence-electron chi connectivity index (χ4n) is 2.46. The molecule has 0 fully saturated rings. The molecule has 3 rings (SSSR count). The van der Waals surface area contributed by atoms with Crippen molar-refractivity contribution in [2.75, 3.05) is 5.32 Å². The van der Waals surface area contributed by atoms with Crippen LogP contribution in [0.3, 0.4) is 0 Å². The summed E-state index contributed by atoms with van der Waals surface area (Å²) in [6.07, 6.45) is 6.66. The highest BCUT2D eigenvalue weighted by atomic mass is 32.2. The molecule has 3 aromatic heterocycles. The van der Waals surface area contributed by atoms with E-state index in [2.05, 4.69) is 37.3 Å². The van der Waals surface area contributed by atoms with Crippen LogP contribution in [0.25, 0.3) is 11.4 Å². The van der Waals surface area contributed by atoms with Crippen molar-refractivity contribution < 1.29 is 4.79 Å². The first-order valence-electron chi connectivity index (χ1n) is 8.90. The van der Waals surface area contributed by atoms with Gasteiger partial charge in [0.25, 0.3) is 0 Å². The normalized spacial score (nSPS) is 11.9. The maximum absolute atomic E-state index is 12.7. The van der Waals surface area contributed by atoms with Gasteiger partial charge in [0.2, 0.25) is 11.0 Å². The number of aromatic nitrogens is 6. The van der Waals surface area contributed by atoms with E-state index in [-0.39, 0.29) is 11.2 Å². The predicted octanol–water partition coefficient (Wildman–Crippen LogP) is 3.45. The van der Waals surface area contributed by atoms with Crippen molar-refractivity contribution in [3.63, 3.8) is 0 Å². The van der Waals surface area contributed by atoms with Crippen LogP contribution in [0.15, 0.2) is 42.3 Å². The molecule has 0 spiro atoms. The van der Waals surface area contributed by atoms with E-state index in [1.165, 1.54) is 23.1 Å². The quantitative estimate of drug-likeness (QED) is 0.422. The topological polar surface area (TPSA) is 98.5 Å². The van der Waals surface area contributed by atoms with E-state index in [9.17, 15) is 4.79 Å². The van der Waals surface area contributed by atoms with Gasteiger partial charge in [-0.25, -0.2) is 0 Å². The third-order valence-electron chi connectivity index (χ3n) is 3.86. The Kier molecular flexibility index (Phi) is 6.88. The van der Waals surface area contributed by atoms with Crippen LogP contribution in [0.2, 0.25) is 0 Å². The lowest BCUT2D eigenvalue weighted by molar-refractivity contribution is -0.115. The highest BCUT2D eigenvalue weighted by molar-refractivity contribution is 8.00. The number of allylic oxidation sites excluding steroid dienone is 1. The van der Waals surface area contributed by atoms with Gasteiger partial charge >= 0.3 is 0 Å². The van der Waals surface area contributed by atoms with E-state index in [4.69, 9.17) is 0 Å². The van der Waals surface area contributed by atoms with E-state index in [1.807, 2.05) is 30.5 Å². The monoisotopic (exact) mass is 415 g/mol. The Labute approximate surface area is 171 Å². The summed E-state index contributed by atoms with van der Waals surface area (Å²) >= 11 is 2.77. The third-order valence-corrected chi connectivity index (χ3v) is 6.19. The molecule has 0 aliphatic carbocycles. The largest absolute Gasteiger partial charge is 0.300 e. The van der Waals surface area contributed by atoms with Crippen molar-refractivity contribution in [3.05, 3.63) is 42.2 Å². The molecule has 1 amide bonds. The minimum Gasteiger partial charge on any atom is -0.300 e. The zero-order valence-corrected chi connectivity index (χ0v) is 17.3. The van der Waals surface area contributed by atoms with Crippen LogP contribution in [0.5, 0.6) is 0 Å². The van der Waals surface area contributed by atoms with Crippen LogP contribution in [-0.4, -0.2) is 41.1 Å². The van der Waals surface area contributed by atoms with Crippen molar-refractivity contribution in [1.29, 1.82) is 0 Å². The van der Waals surface area contributed by atoms with Crippen LogP contribution in [0.4, 0.5) is 5.13 Å². The van der Waals surface area contributed by atoms with Gasteiger partial charge in [-0.2, -0.15) is 0 Å². The fourth-order valence-corrected chi connectivity index (χ4v) is 4.11. The molecule has 0 aromatic carbocycles. The minimum atomic E-state index is -0.330. The highest BCUT2D eigenvalue weighted by Crippen LogP contribution is 2.29. The van der Waals surface area contributed by atoms with Crippen molar-refractivity contribution in [2.24, 2.45) is 0 Å². The van der Waals surface area contributed by atoms with Gasteiger partial charge in [-0.05, 0) is 25.0 Å². The summed E-state index contributed by atoms with van der Waals surface area (Å²) in [4.78, 5) is 16.9. The maximum atomic E-state index is 12.7. The lowest BCUT2D eigenvalue weighted by atomic mass is 10.3. The molecular formula is C18H21N7OS2. The molecule has 1 N–H and O–H groups in total. The van der Waals surface area contributed by atoms with Gasteiger partial charge in [0, 0.05) is 24.5 Å². The smallest absolute Gasteiger partial charge is 0.239 e. The second-order valence-corrected chi connectivity index (χ2v) is 8.04. The van der Waals surface area contributed by atoms with Gasteiger partial charge in [0.15, 0.2) is 11.0 Å². The number of hydrogen-bond donors (Lipinski definition) is 1. The first-order valence-corrected chi connectivity index (χ1v) is 10.6. The number of aryl methyl sites for hydroxylation is 1. The predicted molar refractivity (Wildman–Crippen MR) is 111 cm³/mol. The number of carbonyl (C=O) groups is 1. The number of hydrogen-bond acceptors (Lipinski definition) is 8. The molecule has 8 nitrogen and oxygen atoms in total. The van der Waals surface area contributed by atoms with Crippen LogP contribution < -0.4 is 5.32 Å². The third kappa shape index (κ3) is 4.63. The van der Waals surface area contributed by atoms with Gasteiger partial charge in [0.1, 0.15) is 5.01 Å². The molecule has 0 aliphatic heterocycles. The Morgan fingerprint density at radius 3 is 2.86 bits per heavy atom. The van der Waals surface area contributed by atoms with Gasteiger partial charge < -0.3 is 0 Å². The molecule has 10 heteroatoms. The Morgan fingerprint density at radius 1 is 1.36 bits per heavy atom. The minimum absolute atomic E-state index is 0.123. The van der Waals surface area contributed by atoms with E-state index in [0.29, 0.717) is 29.1 Å². The molecule has 0 saturated heterocycles. The number of carbonyl (C=O) groups excluding carboxylic acids is 1. The summed E-state index contributed by atoms with van der Waals surface area (Å²) in [6.45, 7) is 8.32. The van der Waals surface area contributed by atoms with Crippen LogP contribution in [-0.2, 0) is 17.8 Å². The molecule has 1 atom stereocenters. The fraction of sp³-hybridized carbons (Fsp3) is 0.333. The van der Waals surface area contributed by atoms with Gasteiger partial charge in [-0.3, -0.25) is 19.7 Å². The Hall–Kier alpha value is -2.59. The van der Waals surface area contributed by atoms with Crippen LogP contribution in [0, 0.1) is 0 Å². The standard InChI is InChI=1S/C18H21N7OS2/c1-4-10-25-15(12-8-7-9-19-11-12)22-24-18(25)27-13(5-2)16(26)20-17-23-21-14(6-3)28-17/h4,7-9,11,13H,1,5-6,10H2,2-3H3,(H,20,23,26). The number of anilines is 1. The number of thioether (sulfide) groups is 1. The molecular weight excluding hydrogens is 394 g/mol. The number of nitrogens with zero attached hydrogens (tertiary/aromatic N) is 6. The lowest BCUT2D eigenvalue weighted by Gasteiger charge is -2.14. The summed E-state index contributed by atoms with van der Waals surface area (Å²) in [5.74, 6) is 0.574. The van der Waals surface area contributed by atoms with E-state index >= 15 is 0 Å². The summed E-state index contributed by atoms with van der Waals surface area (Å²) < 4.78 is 1.94. The molecule has 3 heterocycles. The van der Waals surface area contributed by atoms with E-state index in [0.717, 1.165) is 17.0 Å². The molecule has 146 valence electrons. The molecule has 28 heavy (non-hydrogen) atoms. The Bertz CT molecular complexity index is 939. The average Bonchev–Trinajstić information content (AvgIpc) is 3.34. The van der Waals surface area contributed by atoms with E-state index < -0.39 is 0 Å². The van der Waals surface area contributed by atoms with E-state index in [1.54, 1.807) is 18.5 Å². The van der Waals surface area contributed by atoms with Crippen LogP contribution >= 0.6 is 23.1 Å². The summed E-state index contributed by atoms with van der Waals surface area (Å²) in [5, 5.41) is 21.2. The lowest BCUT2D eigenvalue weighted by Crippen LogP contribution is -2.25. The molecule has 3 aromatic rings. The zero-order valence-electron chi connectivity index (χ0n) is 15.7. The Balaban J connectivity index is 1.79. The number of amides is 1. The first kappa shape index (κ1) is 20.2. The van der Waals surface area contributed by atoms with Crippen LogP contribution in [0.1, 0.15) is 25.3 Å².